The van der Waals surface area contributed by atoms with Crippen LogP contribution < -0.4 is 11.5 Å². The highest BCUT2D eigenvalue weighted by Crippen LogP contribution is 2.32. The lowest BCUT2D eigenvalue weighted by molar-refractivity contribution is 0.0993. The highest BCUT2D eigenvalue weighted by molar-refractivity contribution is 7.21. The predicted molar refractivity (Wildman–Crippen MR) is 57.9 cm³/mol. The normalized spacial score (nSPS) is 10.7. The van der Waals surface area contributed by atoms with Gasteiger partial charge in [-0.05, 0) is 12.5 Å². The fourth-order valence-corrected chi connectivity index (χ4v) is 2.65. The average Bonchev–Trinajstić information content (AvgIpc) is 2.66. The molecule has 15 heavy (non-hydrogen) atoms. The molecule has 0 aliphatic heterocycles. The van der Waals surface area contributed by atoms with Gasteiger partial charge in [-0.25, -0.2) is 0 Å². The summed E-state index contributed by atoms with van der Waals surface area (Å²) in [6.07, 6.45) is 1.54. The summed E-state index contributed by atoms with van der Waals surface area (Å²) >= 11 is 1.19. The van der Waals surface area contributed by atoms with Crippen LogP contribution in [-0.4, -0.2) is 16.8 Å². The fourth-order valence-electron chi connectivity index (χ4n) is 1.50. The van der Waals surface area contributed by atoms with E-state index in [-0.39, 0.29) is 0 Å². The molecule has 0 aliphatic carbocycles. The molecule has 0 aromatic carbocycles. The second-order valence-corrected chi connectivity index (χ2v) is 4.21. The number of hydrogen-bond donors (Lipinski definition) is 3. The number of thiophene rings is 1. The molecule has 0 saturated carbocycles. The minimum absolute atomic E-state index is 0.394. The molecule has 0 fully saturated rings. The lowest BCUT2D eigenvalue weighted by Gasteiger charge is -1.90. The third-order valence-electron chi connectivity index (χ3n) is 2.24. The van der Waals surface area contributed by atoms with E-state index >= 15 is 0 Å². The molecule has 0 bridgehead atoms. The molecule has 0 atom stereocenters. The summed E-state index contributed by atoms with van der Waals surface area (Å²) in [4.78, 5) is 25.5. The highest BCUT2D eigenvalue weighted by atomic mass is 32.1. The van der Waals surface area contributed by atoms with Crippen molar-refractivity contribution in [3.05, 3.63) is 22.2 Å². The van der Waals surface area contributed by atoms with Gasteiger partial charge in [0, 0.05) is 6.20 Å². The maximum absolute atomic E-state index is 11.1. The largest absolute Gasteiger partial charge is 0.366 e. The number of amides is 2. The first-order valence-corrected chi connectivity index (χ1v) is 5.04. The van der Waals surface area contributed by atoms with Crippen molar-refractivity contribution in [1.29, 1.82) is 0 Å². The summed E-state index contributed by atoms with van der Waals surface area (Å²) in [5, 5.41) is 0. The molecule has 5 nitrogen and oxygen atoms in total. The first kappa shape index (κ1) is 9.72. The highest BCUT2D eigenvalue weighted by Gasteiger charge is 2.18. The molecule has 0 spiro atoms. The summed E-state index contributed by atoms with van der Waals surface area (Å²) in [5.41, 5.74) is 12.3. The number of aromatic amines is 1. The predicted octanol–water partition coefficient (Wildman–Crippen LogP) is 0.736. The number of carbonyl (C=O) groups excluding carboxylic acids is 2. The third kappa shape index (κ3) is 1.30. The summed E-state index contributed by atoms with van der Waals surface area (Å²) in [5.74, 6) is -1.00. The van der Waals surface area contributed by atoms with Crippen LogP contribution >= 0.6 is 11.3 Å². The first-order valence-electron chi connectivity index (χ1n) is 4.22. The second-order valence-electron chi connectivity index (χ2n) is 3.19. The Bertz CT molecular complexity index is 567. The van der Waals surface area contributed by atoms with Gasteiger partial charge in [-0.3, -0.25) is 9.59 Å². The molecular formula is C9H9N3O2S. The van der Waals surface area contributed by atoms with Gasteiger partial charge in [0.2, 0.25) is 0 Å². The number of carbonyl (C=O) groups is 2. The topological polar surface area (TPSA) is 102 Å². The Morgan fingerprint density at radius 3 is 2.53 bits per heavy atom. The van der Waals surface area contributed by atoms with Gasteiger partial charge in [-0.2, -0.15) is 0 Å². The SMILES string of the molecule is Cc1c(C(N)=O)sc2c(C(N)=O)c[nH]c12. The minimum Gasteiger partial charge on any atom is -0.366 e. The van der Waals surface area contributed by atoms with Gasteiger partial charge < -0.3 is 16.5 Å². The lowest BCUT2D eigenvalue weighted by Crippen LogP contribution is -2.10. The number of hydrogen-bond acceptors (Lipinski definition) is 3. The van der Waals surface area contributed by atoms with Gasteiger partial charge in [0.15, 0.2) is 0 Å². The van der Waals surface area contributed by atoms with Crippen molar-refractivity contribution >= 4 is 33.4 Å². The van der Waals surface area contributed by atoms with Crippen LogP contribution in [0.2, 0.25) is 0 Å². The van der Waals surface area contributed by atoms with Crippen molar-refractivity contribution in [2.24, 2.45) is 11.5 Å². The summed E-state index contributed by atoms with van der Waals surface area (Å²) in [7, 11) is 0. The Labute approximate surface area is 89.1 Å². The first-order chi connectivity index (χ1) is 7.02. The standard InChI is InChI=1S/C9H9N3O2S/c1-3-5-7(15-6(3)9(11)14)4(2-12-5)8(10)13/h2,12H,1H3,(H2,10,13)(H2,11,14). The van der Waals surface area contributed by atoms with E-state index in [9.17, 15) is 9.59 Å². The van der Waals surface area contributed by atoms with Crippen molar-refractivity contribution in [1.82, 2.24) is 4.98 Å². The van der Waals surface area contributed by atoms with Crippen LogP contribution in [0, 0.1) is 6.92 Å². The zero-order chi connectivity index (χ0) is 11.2. The molecule has 5 N–H and O–H groups in total. The fraction of sp³-hybridized carbons (Fsp3) is 0.111. The zero-order valence-electron chi connectivity index (χ0n) is 7.96. The van der Waals surface area contributed by atoms with E-state index in [2.05, 4.69) is 4.98 Å². The molecule has 78 valence electrons. The Balaban J connectivity index is 2.77. The van der Waals surface area contributed by atoms with Crippen LogP contribution in [0.25, 0.3) is 10.2 Å². The average molecular weight is 223 g/mol. The van der Waals surface area contributed by atoms with Crippen molar-refractivity contribution < 1.29 is 9.59 Å². The van der Waals surface area contributed by atoms with Crippen LogP contribution in [0.5, 0.6) is 0 Å². The van der Waals surface area contributed by atoms with E-state index in [1.54, 1.807) is 13.1 Å². The number of nitrogens with two attached hydrogens (primary N) is 2. The Morgan fingerprint density at radius 1 is 1.33 bits per heavy atom. The van der Waals surface area contributed by atoms with E-state index in [4.69, 9.17) is 11.5 Å². The van der Waals surface area contributed by atoms with Gasteiger partial charge in [0.25, 0.3) is 11.8 Å². The molecule has 2 heterocycles. The third-order valence-corrected chi connectivity index (χ3v) is 3.58. The summed E-state index contributed by atoms with van der Waals surface area (Å²) in [6.45, 7) is 1.78. The molecular weight excluding hydrogens is 214 g/mol. The van der Waals surface area contributed by atoms with E-state index < -0.39 is 11.8 Å². The number of fused-ring (bicyclic) bond motifs is 1. The quantitative estimate of drug-likeness (QED) is 0.699. The Hall–Kier alpha value is -1.82. The number of aromatic nitrogens is 1. The monoisotopic (exact) mass is 223 g/mol. The van der Waals surface area contributed by atoms with E-state index in [0.717, 1.165) is 11.1 Å². The maximum atomic E-state index is 11.1. The number of primary amides is 2. The molecule has 0 saturated heterocycles. The molecule has 2 aromatic rings. The molecule has 2 amide bonds. The number of nitrogens with one attached hydrogen (secondary N) is 1. The Morgan fingerprint density at radius 2 is 2.00 bits per heavy atom. The van der Waals surface area contributed by atoms with Gasteiger partial charge in [0.1, 0.15) is 0 Å². The zero-order valence-corrected chi connectivity index (χ0v) is 8.77. The van der Waals surface area contributed by atoms with Gasteiger partial charge in [0.05, 0.1) is 20.7 Å². The summed E-state index contributed by atoms with van der Waals surface area (Å²) < 4.78 is 0.689. The van der Waals surface area contributed by atoms with E-state index in [1.165, 1.54) is 11.3 Å². The van der Waals surface area contributed by atoms with Gasteiger partial charge >= 0.3 is 0 Å². The maximum Gasteiger partial charge on any atom is 0.259 e. The Kier molecular flexibility index (Phi) is 2.01. The molecule has 0 radical (unpaired) electrons. The lowest BCUT2D eigenvalue weighted by atomic mass is 10.2. The van der Waals surface area contributed by atoms with Gasteiger partial charge in [-0.15, -0.1) is 11.3 Å². The number of aryl methyl sites for hydroxylation is 1. The van der Waals surface area contributed by atoms with E-state index in [1.807, 2.05) is 0 Å². The van der Waals surface area contributed by atoms with Gasteiger partial charge in [-0.1, -0.05) is 0 Å². The summed E-state index contributed by atoms with van der Waals surface area (Å²) in [6, 6.07) is 0. The molecule has 0 unspecified atom stereocenters. The minimum atomic E-state index is -0.515. The number of rotatable bonds is 2. The van der Waals surface area contributed by atoms with E-state index in [0.29, 0.717) is 15.1 Å². The van der Waals surface area contributed by atoms with Crippen molar-refractivity contribution in [3.63, 3.8) is 0 Å². The molecule has 6 heteroatoms. The van der Waals surface area contributed by atoms with Crippen molar-refractivity contribution in [2.75, 3.05) is 0 Å². The smallest absolute Gasteiger partial charge is 0.259 e. The molecule has 2 rings (SSSR count). The van der Waals surface area contributed by atoms with Crippen LogP contribution in [0.15, 0.2) is 6.20 Å². The van der Waals surface area contributed by atoms with Crippen LogP contribution in [-0.2, 0) is 0 Å². The van der Waals surface area contributed by atoms with Crippen molar-refractivity contribution in [3.8, 4) is 0 Å². The second kappa shape index (κ2) is 3.09. The van der Waals surface area contributed by atoms with Crippen molar-refractivity contribution in [2.45, 2.75) is 6.92 Å². The molecule has 2 aromatic heterocycles. The van der Waals surface area contributed by atoms with Crippen LogP contribution in [0.4, 0.5) is 0 Å². The number of H-pyrrole nitrogens is 1. The van der Waals surface area contributed by atoms with Crippen LogP contribution in [0.1, 0.15) is 25.6 Å². The van der Waals surface area contributed by atoms with Crippen LogP contribution in [0.3, 0.4) is 0 Å². The molecule has 0 aliphatic rings.